The Morgan fingerprint density at radius 3 is 2.30 bits per heavy atom. The molecule has 1 amide bonds. The maximum absolute atomic E-state index is 12.9. The van der Waals surface area contributed by atoms with Gasteiger partial charge in [-0.2, -0.15) is 0 Å². The molecule has 0 aliphatic heterocycles. The zero-order valence-electron chi connectivity index (χ0n) is 16.3. The molecule has 3 aromatic rings. The van der Waals surface area contributed by atoms with E-state index in [0.717, 1.165) is 11.1 Å². The van der Waals surface area contributed by atoms with E-state index in [4.69, 9.17) is 0 Å². The summed E-state index contributed by atoms with van der Waals surface area (Å²) in [5, 5.41) is 23.7. The summed E-state index contributed by atoms with van der Waals surface area (Å²) < 4.78 is 0. The van der Waals surface area contributed by atoms with E-state index in [2.05, 4.69) is 5.32 Å². The zero-order valence-corrected chi connectivity index (χ0v) is 16.3. The zero-order chi connectivity index (χ0) is 21.3. The Balaban J connectivity index is 1.84. The highest BCUT2D eigenvalue weighted by atomic mass is 16.6. The average Bonchev–Trinajstić information content (AvgIpc) is 2.78. The monoisotopic (exact) mass is 402 g/mol. The lowest BCUT2D eigenvalue weighted by molar-refractivity contribution is -0.384. The first kappa shape index (κ1) is 21.0. The third-order valence-corrected chi connectivity index (χ3v) is 4.63. The number of carbonyl (C=O) groups excluding carboxylic acids is 1. The Hall–Kier alpha value is -3.77. The number of nitro benzene ring substituents is 1. The highest BCUT2D eigenvalue weighted by Crippen LogP contribution is 2.21. The summed E-state index contributed by atoms with van der Waals surface area (Å²) in [5.74, 6) is -0.396. The van der Waals surface area contributed by atoms with E-state index in [1.54, 1.807) is 12.2 Å². The van der Waals surface area contributed by atoms with Crippen LogP contribution in [0.2, 0.25) is 0 Å². The molecule has 0 aliphatic rings. The molecule has 0 aromatic heterocycles. The largest absolute Gasteiger partial charge is 0.394 e. The fourth-order valence-electron chi connectivity index (χ4n) is 3.08. The quantitative estimate of drug-likeness (QED) is 0.337. The van der Waals surface area contributed by atoms with Gasteiger partial charge in [0.25, 0.3) is 11.6 Å². The topological polar surface area (TPSA) is 92.5 Å². The maximum Gasteiger partial charge on any atom is 0.270 e. The van der Waals surface area contributed by atoms with Gasteiger partial charge in [0.05, 0.1) is 17.6 Å². The number of non-ortho nitro benzene ring substituents is 1. The fraction of sp³-hybridized carbons (Fsp3) is 0.125. The van der Waals surface area contributed by atoms with Gasteiger partial charge in [-0.1, -0.05) is 72.8 Å². The molecule has 0 aliphatic carbocycles. The molecule has 1 atom stereocenters. The summed E-state index contributed by atoms with van der Waals surface area (Å²) in [6.45, 7) is -0.219. The van der Waals surface area contributed by atoms with Crippen molar-refractivity contribution in [1.82, 2.24) is 5.32 Å². The number of nitro groups is 1. The summed E-state index contributed by atoms with van der Waals surface area (Å²) in [7, 11) is 0. The first-order valence-corrected chi connectivity index (χ1v) is 9.54. The molecule has 0 radical (unpaired) electrons. The standard InChI is InChI=1S/C24H22N2O4/c27-17-21(15-19-9-5-2-6-10-19)25-24(28)23-14-13-22(26(29)30)16-20(23)12-11-18-7-3-1-4-8-18/h1-14,16,21,27H,15,17H2,(H,25,28). The van der Waals surface area contributed by atoms with Crippen LogP contribution < -0.4 is 5.32 Å². The van der Waals surface area contributed by atoms with Crippen LogP contribution in [-0.4, -0.2) is 28.6 Å². The minimum absolute atomic E-state index is 0.0951. The lowest BCUT2D eigenvalue weighted by Crippen LogP contribution is -2.39. The average molecular weight is 402 g/mol. The van der Waals surface area contributed by atoms with Gasteiger partial charge in [0.1, 0.15) is 0 Å². The van der Waals surface area contributed by atoms with E-state index in [0.29, 0.717) is 17.5 Å². The van der Waals surface area contributed by atoms with Gasteiger partial charge in [0, 0.05) is 17.7 Å². The number of nitrogens with one attached hydrogen (secondary N) is 1. The van der Waals surface area contributed by atoms with E-state index in [-0.39, 0.29) is 12.3 Å². The number of rotatable bonds is 8. The molecule has 3 rings (SSSR count). The van der Waals surface area contributed by atoms with Crippen LogP contribution >= 0.6 is 0 Å². The van der Waals surface area contributed by atoms with Crippen molar-refractivity contribution in [1.29, 1.82) is 0 Å². The second-order valence-electron chi connectivity index (χ2n) is 6.82. The van der Waals surface area contributed by atoms with Gasteiger partial charge < -0.3 is 10.4 Å². The van der Waals surface area contributed by atoms with Gasteiger partial charge in [-0.15, -0.1) is 0 Å². The summed E-state index contributed by atoms with van der Waals surface area (Å²) in [6.07, 6.45) is 3.96. The third-order valence-electron chi connectivity index (χ3n) is 4.63. The van der Waals surface area contributed by atoms with Gasteiger partial charge in [-0.05, 0) is 29.2 Å². The number of aliphatic hydroxyl groups excluding tert-OH is 1. The first-order valence-electron chi connectivity index (χ1n) is 9.54. The lowest BCUT2D eigenvalue weighted by Gasteiger charge is -2.17. The molecule has 6 nitrogen and oxygen atoms in total. The Kier molecular flexibility index (Phi) is 7.08. The minimum Gasteiger partial charge on any atom is -0.394 e. The Bertz CT molecular complexity index is 1030. The van der Waals surface area contributed by atoms with Crippen molar-refractivity contribution in [3.63, 3.8) is 0 Å². The molecular formula is C24H22N2O4. The summed E-state index contributed by atoms with van der Waals surface area (Å²) >= 11 is 0. The van der Waals surface area contributed by atoms with Crippen molar-refractivity contribution >= 4 is 23.7 Å². The molecule has 0 heterocycles. The predicted octanol–water partition coefficient (Wildman–Crippen LogP) is 4.10. The second kappa shape index (κ2) is 10.1. The molecule has 0 spiro atoms. The molecule has 2 N–H and O–H groups in total. The summed E-state index contributed by atoms with van der Waals surface area (Å²) in [5.41, 5.74) is 2.54. The predicted molar refractivity (Wildman–Crippen MR) is 117 cm³/mol. The van der Waals surface area contributed by atoms with E-state index < -0.39 is 16.9 Å². The lowest BCUT2D eigenvalue weighted by atomic mass is 10.0. The molecule has 0 bridgehead atoms. The van der Waals surface area contributed by atoms with Crippen LogP contribution in [0.25, 0.3) is 12.2 Å². The van der Waals surface area contributed by atoms with Crippen LogP contribution in [-0.2, 0) is 6.42 Å². The SMILES string of the molecule is O=C(NC(CO)Cc1ccccc1)c1ccc([N+](=O)[O-])cc1C=Cc1ccccc1. The van der Waals surface area contributed by atoms with Crippen molar-refractivity contribution in [2.24, 2.45) is 0 Å². The number of carbonyl (C=O) groups is 1. The maximum atomic E-state index is 12.9. The van der Waals surface area contributed by atoms with Gasteiger partial charge >= 0.3 is 0 Å². The number of nitrogens with zero attached hydrogens (tertiary/aromatic N) is 1. The summed E-state index contributed by atoms with van der Waals surface area (Å²) in [6, 6.07) is 22.7. The van der Waals surface area contributed by atoms with Gasteiger partial charge in [-0.3, -0.25) is 14.9 Å². The van der Waals surface area contributed by atoms with Crippen molar-refractivity contribution in [3.05, 3.63) is 111 Å². The number of amides is 1. The molecular weight excluding hydrogens is 380 g/mol. The molecule has 0 fully saturated rings. The van der Waals surface area contributed by atoms with Crippen molar-refractivity contribution < 1.29 is 14.8 Å². The number of hydrogen-bond acceptors (Lipinski definition) is 4. The van der Waals surface area contributed by atoms with E-state index in [1.165, 1.54) is 18.2 Å². The highest BCUT2D eigenvalue weighted by Gasteiger charge is 2.18. The molecule has 1 unspecified atom stereocenters. The molecule has 0 saturated carbocycles. The molecule has 152 valence electrons. The third kappa shape index (κ3) is 5.62. The van der Waals surface area contributed by atoms with Crippen LogP contribution in [0.3, 0.4) is 0 Å². The van der Waals surface area contributed by atoms with Crippen molar-refractivity contribution in [3.8, 4) is 0 Å². The van der Waals surface area contributed by atoms with Crippen molar-refractivity contribution in [2.75, 3.05) is 6.61 Å². The summed E-state index contributed by atoms with van der Waals surface area (Å²) in [4.78, 5) is 23.6. The Morgan fingerprint density at radius 1 is 1.00 bits per heavy atom. The van der Waals surface area contributed by atoms with Crippen LogP contribution in [0, 0.1) is 10.1 Å². The van der Waals surface area contributed by atoms with Crippen LogP contribution in [0.15, 0.2) is 78.9 Å². The van der Waals surface area contributed by atoms with Gasteiger partial charge in [0.2, 0.25) is 0 Å². The Morgan fingerprint density at radius 2 is 1.67 bits per heavy atom. The second-order valence-corrected chi connectivity index (χ2v) is 6.82. The molecule has 30 heavy (non-hydrogen) atoms. The molecule has 6 heteroatoms. The van der Waals surface area contributed by atoms with Gasteiger partial charge in [0.15, 0.2) is 0 Å². The van der Waals surface area contributed by atoms with E-state index in [1.807, 2.05) is 60.7 Å². The van der Waals surface area contributed by atoms with Crippen molar-refractivity contribution in [2.45, 2.75) is 12.5 Å². The normalized spacial score (nSPS) is 11.9. The Labute approximate surface area is 174 Å². The smallest absolute Gasteiger partial charge is 0.270 e. The number of hydrogen-bond donors (Lipinski definition) is 2. The van der Waals surface area contributed by atoms with Crippen LogP contribution in [0.5, 0.6) is 0 Å². The molecule has 0 saturated heterocycles. The number of aliphatic hydroxyl groups is 1. The van der Waals surface area contributed by atoms with Crippen LogP contribution in [0.4, 0.5) is 5.69 Å². The van der Waals surface area contributed by atoms with Gasteiger partial charge in [-0.25, -0.2) is 0 Å². The molecule has 3 aromatic carbocycles. The number of benzene rings is 3. The van der Waals surface area contributed by atoms with E-state index >= 15 is 0 Å². The van der Waals surface area contributed by atoms with E-state index in [9.17, 15) is 20.0 Å². The van der Waals surface area contributed by atoms with Crippen LogP contribution in [0.1, 0.15) is 27.0 Å². The highest BCUT2D eigenvalue weighted by molar-refractivity contribution is 5.99. The minimum atomic E-state index is -0.493. The fourth-order valence-corrected chi connectivity index (χ4v) is 3.08. The first-order chi connectivity index (χ1) is 14.6.